The van der Waals surface area contributed by atoms with Crippen LogP contribution in [-0.2, 0) is 6.54 Å². The van der Waals surface area contributed by atoms with Gasteiger partial charge in [-0.05, 0) is 42.5 Å². The molecule has 4 aromatic rings. The van der Waals surface area contributed by atoms with Crippen molar-refractivity contribution in [3.05, 3.63) is 88.2 Å². The molecule has 0 saturated heterocycles. The fourth-order valence-electron chi connectivity index (χ4n) is 3.12. The molecule has 7 heteroatoms. The van der Waals surface area contributed by atoms with E-state index in [0.29, 0.717) is 26.9 Å². The minimum Gasteiger partial charge on any atom is -0.497 e. The van der Waals surface area contributed by atoms with Crippen LogP contribution in [-0.4, -0.2) is 22.4 Å². The number of ether oxygens (including phenoxy) is 1. The van der Waals surface area contributed by atoms with E-state index in [2.05, 4.69) is 5.32 Å². The molecule has 0 atom stereocenters. The first-order chi connectivity index (χ1) is 14.1. The number of hydrogen-bond donors (Lipinski definition) is 1. The van der Waals surface area contributed by atoms with Crippen LogP contribution in [0.4, 0.5) is 0 Å². The molecule has 0 aliphatic carbocycles. The Labute approximate surface area is 177 Å². The van der Waals surface area contributed by atoms with Gasteiger partial charge in [0, 0.05) is 17.3 Å². The molecule has 0 radical (unpaired) electrons. The number of aromatic nitrogens is 2. The molecule has 0 saturated carbocycles. The van der Waals surface area contributed by atoms with Crippen LogP contribution in [0.5, 0.6) is 5.75 Å². The summed E-state index contributed by atoms with van der Waals surface area (Å²) in [6.45, 7) is 0.257. The van der Waals surface area contributed by atoms with Crippen molar-refractivity contribution in [1.29, 1.82) is 0 Å². The molecule has 2 aromatic heterocycles. The van der Waals surface area contributed by atoms with Gasteiger partial charge in [0.15, 0.2) is 5.65 Å². The number of rotatable bonds is 5. The van der Waals surface area contributed by atoms with Crippen molar-refractivity contribution >= 4 is 34.8 Å². The Kier molecular flexibility index (Phi) is 5.43. The Morgan fingerprint density at radius 2 is 1.83 bits per heavy atom. The lowest BCUT2D eigenvalue weighted by Gasteiger charge is -2.09. The summed E-state index contributed by atoms with van der Waals surface area (Å²) in [5.74, 6) is 0.576. The van der Waals surface area contributed by atoms with Gasteiger partial charge >= 0.3 is 0 Å². The number of nitrogens with one attached hydrogen (secondary N) is 1. The molecule has 2 aromatic carbocycles. The summed E-state index contributed by atoms with van der Waals surface area (Å²) in [7, 11) is 1.62. The van der Waals surface area contributed by atoms with Crippen molar-refractivity contribution in [1.82, 2.24) is 14.7 Å². The zero-order valence-electron chi connectivity index (χ0n) is 15.5. The van der Waals surface area contributed by atoms with Crippen LogP contribution in [0.3, 0.4) is 0 Å². The molecule has 0 aliphatic rings. The van der Waals surface area contributed by atoms with Crippen LogP contribution in [0.15, 0.2) is 66.9 Å². The summed E-state index contributed by atoms with van der Waals surface area (Å²) in [5.41, 5.74) is 3.53. The highest BCUT2D eigenvalue weighted by Gasteiger charge is 2.18. The minimum atomic E-state index is -0.172. The smallest absolute Gasteiger partial charge is 0.251 e. The third-order valence-electron chi connectivity index (χ3n) is 4.56. The topological polar surface area (TPSA) is 55.6 Å². The third kappa shape index (κ3) is 3.92. The molecular formula is C22H17Cl2N3O2. The lowest BCUT2D eigenvalue weighted by molar-refractivity contribution is 0.0950. The van der Waals surface area contributed by atoms with E-state index in [4.69, 9.17) is 32.9 Å². The predicted molar refractivity (Wildman–Crippen MR) is 115 cm³/mol. The van der Waals surface area contributed by atoms with Gasteiger partial charge in [-0.3, -0.25) is 9.20 Å². The van der Waals surface area contributed by atoms with E-state index in [-0.39, 0.29) is 12.5 Å². The number of amides is 1. The second-order valence-electron chi connectivity index (χ2n) is 6.38. The monoisotopic (exact) mass is 425 g/mol. The number of pyridine rings is 1. The van der Waals surface area contributed by atoms with Crippen molar-refractivity contribution in [2.75, 3.05) is 7.11 Å². The largest absolute Gasteiger partial charge is 0.497 e. The first-order valence-electron chi connectivity index (χ1n) is 8.90. The van der Waals surface area contributed by atoms with E-state index in [0.717, 1.165) is 17.0 Å². The molecule has 2 heterocycles. The second kappa shape index (κ2) is 8.15. The molecule has 0 unspecified atom stereocenters. The SMILES string of the molecule is COc1ccc(-c2nc3c(Cl)cc(Cl)cn3c2CNC(=O)c2ccccc2)cc1. The van der Waals surface area contributed by atoms with Crippen LogP contribution in [0.25, 0.3) is 16.9 Å². The van der Waals surface area contributed by atoms with Crippen molar-refractivity contribution in [2.24, 2.45) is 0 Å². The van der Waals surface area contributed by atoms with Crippen LogP contribution in [0, 0.1) is 0 Å². The van der Waals surface area contributed by atoms with E-state index in [1.165, 1.54) is 0 Å². The van der Waals surface area contributed by atoms with E-state index >= 15 is 0 Å². The molecule has 1 N–H and O–H groups in total. The van der Waals surface area contributed by atoms with E-state index in [9.17, 15) is 4.79 Å². The zero-order chi connectivity index (χ0) is 20.4. The Morgan fingerprint density at radius 3 is 2.52 bits per heavy atom. The number of hydrogen-bond acceptors (Lipinski definition) is 3. The summed E-state index contributed by atoms with van der Waals surface area (Å²) < 4.78 is 7.05. The number of benzene rings is 2. The van der Waals surface area contributed by atoms with Gasteiger partial charge in [-0.1, -0.05) is 41.4 Å². The highest BCUT2D eigenvalue weighted by Crippen LogP contribution is 2.30. The molecule has 0 fully saturated rings. The van der Waals surface area contributed by atoms with Gasteiger partial charge in [0.25, 0.3) is 5.91 Å². The van der Waals surface area contributed by atoms with Crippen molar-refractivity contribution in [3.8, 4) is 17.0 Å². The summed E-state index contributed by atoms with van der Waals surface area (Å²) in [4.78, 5) is 17.2. The molecule has 4 rings (SSSR count). The number of carbonyl (C=O) groups is 1. The lowest BCUT2D eigenvalue weighted by Crippen LogP contribution is -2.23. The lowest BCUT2D eigenvalue weighted by atomic mass is 10.1. The quantitative estimate of drug-likeness (QED) is 0.475. The second-order valence-corrected chi connectivity index (χ2v) is 7.23. The average molecular weight is 426 g/mol. The Bertz CT molecular complexity index is 1170. The van der Waals surface area contributed by atoms with Crippen molar-refractivity contribution < 1.29 is 9.53 Å². The highest BCUT2D eigenvalue weighted by atomic mass is 35.5. The van der Waals surface area contributed by atoms with E-state index in [1.54, 1.807) is 31.5 Å². The van der Waals surface area contributed by atoms with Crippen LogP contribution >= 0.6 is 23.2 Å². The normalized spacial score (nSPS) is 10.9. The standard InChI is InChI=1S/C22H17Cl2N3O2/c1-29-17-9-7-14(8-10-17)20-19(12-25-22(28)15-5-3-2-4-6-15)27-13-16(23)11-18(24)21(27)26-20/h2-11,13H,12H2,1H3,(H,25,28). The van der Waals surface area contributed by atoms with Gasteiger partial charge in [-0.2, -0.15) is 0 Å². The maximum atomic E-state index is 12.5. The Hall–Kier alpha value is -3.02. The Morgan fingerprint density at radius 1 is 1.10 bits per heavy atom. The fraction of sp³-hybridized carbons (Fsp3) is 0.0909. The maximum Gasteiger partial charge on any atom is 0.251 e. The number of nitrogens with zero attached hydrogens (tertiary/aromatic N) is 2. The molecule has 0 spiro atoms. The van der Waals surface area contributed by atoms with Gasteiger partial charge < -0.3 is 10.1 Å². The number of imidazole rings is 1. The van der Waals surface area contributed by atoms with Gasteiger partial charge in [0.2, 0.25) is 0 Å². The molecule has 146 valence electrons. The number of carbonyl (C=O) groups excluding carboxylic acids is 1. The highest BCUT2D eigenvalue weighted by molar-refractivity contribution is 6.36. The Balaban J connectivity index is 1.76. The zero-order valence-corrected chi connectivity index (χ0v) is 17.0. The first kappa shape index (κ1) is 19.3. The summed E-state index contributed by atoms with van der Waals surface area (Å²) in [6, 6.07) is 18.3. The molecule has 0 aliphatic heterocycles. The molecule has 1 amide bonds. The maximum absolute atomic E-state index is 12.5. The fourth-order valence-corrected chi connectivity index (χ4v) is 3.64. The molecular weight excluding hydrogens is 409 g/mol. The molecule has 0 bridgehead atoms. The summed E-state index contributed by atoms with van der Waals surface area (Å²) in [5, 5.41) is 3.88. The van der Waals surface area contributed by atoms with Gasteiger partial charge in [0.1, 0.15) is 5.75 Å². The van der Waals surface area contributed by atoms with Crippen molar-refractivity contribution in [2.45, 2.75) is 6.54 Å². The van der Waals surface area contributed by atoms with Gasteiger partial charge in [-0.15, -0.1) is 0 Å². The minimum absolute atomic E-state index is 0.172. The van der Waals surface area contributed by atoms with Crippen molar-refractivity contribution in [3.63, 3.8) is 0 Å². The predicted octanol–water partition coefficient (Wildman–Crippen LogP) is 5.25. The summed E-state index contributed by atoms with van der Waals surface area (Å²) >= 11 is 12.6. The van der Waals surface area contributed by atoms with Crippen LogP contribution in [0.1, 0.15) is 16.1 Å². The molecule has 29 heavy (non-hydrogen) atoms. The molecule has 5 nitrogen and oxygen atoms in total. The van der Waals surface area contributed by atoms with Crippen LogP contribution in [0.2, 0.25) is 10.0 Å². The van der Waals surface area contributed by atoms with E-state index in [1.807, 2.05) is 46.9 Å². The number of fused-ring (bicyclic) bond motifs is 1. The van der Waals surface area contributed by atoms with Gasteiger partial charge in [-0.25, -0.2) is 4.98 Å². The average Bonchev–Trinajstić information content (AvgIpc) is 3.11. The van der Waals surface area contributed by atoms with E-state index < -0.39 is 0 Å². The number of halogens is 2. The first-order valence-corrected chi connectivity index (χ1v) is 9.66. The number of methoxy groups -OCH3 is 1. The van der Waals surface area contributed by atoms with Gasteiger partial charge in [0.05, 0.1) is 35.1 Å². The summed E-state index contributed by atoms with van der Waals surface area (Å²) in [6.07, 6.45) is 1.74. The van der Waals surface area contributed by atoms with Crippen LogP contribution < -0.4 is 10.1 Å². The third-order valence-corrected chi connectivity index (χ3v) is 5.04.